The molecule has 2 heterocycles. The summed E-state index contributed by atoms with van der Waals surface area (Å²) < 4.78 is 2.88. The van der Waals surface area contributed by atoms with Crippen LogP contribution in [-0.2, 0) is 12.1 Å². The minimum absolute atomic E-state index is 0.00243. The number of carbonyl (C=O) groups excluding carboxylic acids is 1. The molecule has 1 aromatic heterocycles. The highest BCUT2D eigenvalue weighted by atomic mass is 79.9. The molecule has 0 radical (unpaired) electrons. The quantitative estimate of drug-likeness (QED) is 0.776. The van der Waals surface area contributed by atoms with E-state index in [4.69, 9.17) is 0 Å². The second kappa shape index (κ2) is 7.84. The minimum atomic E-state index is -0.116. The Bertz CT molecular complexity index is 744. The zero-order chi connectivity index (χ0) is 18.7. The lowest BCUT2D eigenvalue weighted by molar-refractivity contribution is -0.919. The molecule has 2 aromatic rings. The lowest BCUT2D eigenvalue weighted by Crippen LogP contribution is -3.12. The van der Waals surface area contributed by atoms with Crippen LogP contribution in [0.5, 0.6) is 0 Å². The van der Waals surface area contributed by atoms with E-state index in [1.165, 1.54) is 4.90 Å². The highest BCUT2D eigenvalue weighted by Crippen LogP contribution is 2.13. The number of rotatable bonds is 4. The van der Waals surface area contributed by atoms with Gasteiger partial charge >= 0.3 is 0 Å². The Balaban J connectivity index is 1.51. The first-order valence-corrected chi connectivity index (χ1v) is 9.80. The van der Waals surface area contributed by atoms with E-state index >= 15 is 0 Å². The molecular weight excluding hydrogens is 396 g/mol. The highest BCUT2D eigenvalue weighted by Gasteiger charge is 2.27. The van der Waals surface area contributed by atoms with E-state index in [2.05, 4.69) is 57.5 Å². The molecule has 1 saturated heterocycles. The third-order valence-electron chi connectivity index (χ3n) is 4.71. The molecule has 26 heavy (non-hydrogen) atoms. The number of benzene rings is 1. The summed E-state index contributed by atoms with van der Waals surface area (Å²) in [5.41, 5.74) is 0.585. The van der Waals surface area contributed by atoms with Crippen molar-refractivity contribution in [3.05, 3.63) is 40.1 Å². The van der Waals surface area contributed by atoms with Crippen LogP contribution in [0.15, 0.2) is 28.7 Å². The fraction of sp³-hybridized carbons (Fsp3) is 0.556. The maximum Gasteiger partial charge on any atom is 0.251 e. The molecule has 8 heteroatoms. The van der Waals surface area contributed by atoms with Gasteiger partial charge in [0.1, 0.15) is 6.54 Å². The highest BCUT2D eigenvalue weighted by molar-refractivity contribution is 9.10. The van der Waals surface area contributed by atoms with Crippen molar-refractivity contribution in [1.29, 1.82) is 0 Å². The summed E-state index contributed by atoms with van der Waals surface area (Å²) in [6.07, 6.45) is 1.93. The molecule has 2 N–H and O–H groups in total. The Labute approximate surface area is 162 Å². The monoisotopic (exact) mass is 421 g/mol. The van der Waals surface area contributed by atoms with Crippen molar-refractivity contribution in [1.82, 2.24) is 25.5 Å². The largest absolute Gasteiger partial charge is 0.349 e. The molecule has 0 aliphatic carbocycles. The van der Waals surface area contributed by atoms with E-state index < -0.39 is 0 Å². The van der Waals surface area contributed by atoms with Crippen LogP contribution in [0.25, 0.3) is 0 Å². The predicted molar refractivity (Wildman–Crippen MR) is 102 cm³/mol. The van der Waals surface area contributed by atoms with Gasteiger partial charge in [-0.2, -0.15) is 0 Å². The van der Waals surface area contributed by atoms with Gasteiger partial charge < -0.3 is 10.2 Å². The minimum Gasteiger partial charge on any atom is -0.349 e. The van der Waals surface area contributed by atoms with Gasteiger partial charge in [0, 0.05) is 28.9 Å². The molecule has 0 bridgehead atoms. The van der Waals surface area contributed by atoms with Crippen LogP contribution in [-0.4, -0.2) is 45.2 Å². The lowest BCUT2D eigenvalue weighted by Gasteiger charge is -2.30. The van der Waals surface area contributed by atoms with Crippen molar-refractivity contribution >= 4 is 21.8 Å². The molecule has 0 saturated carbocycles. The number of nitrogens with one attached hydrogen (secondary N) is 2. The molecule has 140 valence electrons. The van der Waals surface area contributed by atoms with Crippen molar-refractivity contribution < 1.29 is 9.69 Å². The fourth-order valence-electron chi connectivity index (χ4n) is 3.28. The number of amides is 1. The standard InChI is InChI=1S/C18H25BrN6O/c1-18(2,3)25-16(21-22-23-25)12-24-10-8-15(9-11-24)20-17(26)13-4-6-14(19)7-5-13/h4-7,15H,8-12H2,1-3H3,(H,20,26)/p+1. The Morgan fingerprint density at radius 2 is 1.92 bits per heavy atom. The third kappa shape index (κ3) is 4.67. The molecular formula is C18H26BrN6O+. The molecule has 3 rings (SSSR count). The van der Waals surface area contributed by atoms with Gasteiger partial charge in [-0.15, -0.1) is 5.10 Å². The number of tetrazole rings is 1. The average Bonchev–Trinajstić information content (AvgIpc) is 3.06. The fourth-order valence-corrected chi connectivity index (χ4v) is 3.54. The zero-order valence-corrected chi connectivity index (χ0v) is 17.1. The van der Waals surface area contributed by atoms with E-state index in [1.807, 2.05) is 28.9 Å². The molecule has 1 fully saturated rings. The molecule has 7 nitrogen and oxygen atoms in total. The first-order valence-electron chi connectivity index (χ1n) is 9.00. The van der Waals surface area contributed by atoms with Gasteiger partial charge in [-0.25, -0.2) is 4.68 Å². The Kier molecular flexibility index (Phi) is 5.72. The van der Waals surface area contributed by atoms with Gasteiger partial charge in [0.2, 0.25) is 5.82 Å². The number of halogens is 1. The summed E-state index contributed by atoms with van der Waals surface area (Å²) in [5, 5.41) is 15.3. The number of hydrogen-bond donors (Lipinski definition) is 2. The van der Waals surface area contributed by atoms with Gasteiger partial charge in [-0.3, -0.25) is 4.79 Å². The number of likely N-dealkylation sites (tertiary alicyclic amines) is 1. The second-order valence-corrected chi connectivity index (χ2v) is 8.77. The van der Waals surface area contributed by atoms with Gasteiger partial charge in [0.15, 0.2) is 0 Å². The maximum atomic E-state index is 12.4. The Hall–Kier alpha value is -1.80. The number of nitrogens with zero attached hydrogens (tertiary/aromatic N) is 4. The molecule has 1 aliphatic heterocycles. The second-order valence-electron chi connectivity index (χ2n) is 7.86. The van der Waals surface area contributed by atoms with Crippen LogP contribution >= 0.6 is 15.9 Å². The maximum absolute atomic E-state index is 12.4. The smallest absolute Gasteiger partial charge is 0.251 e. The molecule has 1 aliphatic rings. The van der Waals surface area contributed by atoms with E-state index in [0.29, 0.717) is 5.56 Å². The zero-order valence-electron chi connectivity index (χ0n) is 15.5. The molecule has 0 spiro atoms. The predicted octanol–water partition coefficient (Wildman–Crippen LogP) is 1.17. The number of piperidine rings is 1. The van der Waals surface area contributed by atoms with Crippen LogP contribution in [0, 0.1) is 0 Å². The summed E-state index contributed by atoms with van der Waals surface area (Å²) in [6, 6.07) is 7.69. The first-order chi connectivity index (χ1) is 12.3. The van der Waals surface area contributed by atoms with Gasteiger partial charge in [-0.1, -0.05) is 15.9 Å². The van der Waals surface area contributed by atoms with Crippen molar-refractivity contribution in [2.24, 2.45) is 0 Å². The van der Waals surface area contributed by atoms with Crippen LogP contribution < -0.4 is 10.2 Å². The van der Waals surface area contributed by atoms with Gasteiger partial charge in [-0.05, 0) is 55.5 Å². The SMILES string of the molecule is CC(C)(C)n1nnnc1C[NH+]1CCC(NC(=O)c2ccc(Br)cc2)CC1. The normalized spacial score (nSPS) is 20.8. The van der Waals surface area contributed by atoms with Gasteiger partial charge in [0.25, 0.3) is 5.91 Å². The van der Waals surface area contributed by atoms with Crippen LogP contribution in [0.1, 0.15) is 49.8 Å². The van der Waals surface area contributed by atoms with E-state index in [0.717, 1.165) is 42.8 Å². The summed E-state index contributed by atoms with van der Waals surface area (Å²) in [7, 11) is 0. The molecule has 1 amide bonds. The molecule has 1 aromatic carbocycles. The van der Waals surface area contributed by atoms with Crippen LogP contribution in [0.3, 0.4) is 0 Å². The van der Waals surface area contributed by atoms with E-state index in [-0.39, 0.29) is 17.5 Å². The topological polar surface area (TPSA) is 77.1 Å². The molecule has 0 atom stereocenters. The Morgan fingerprint density at radius 1 is 1.27 bits per heavy atom. The van der Waals surface area contributed by atoms with E-state index in [9.17, 15) is 4.79 Å². The van der Waals surface area contributed by atoms with Crippen LogP contribution in [0.4, 0.5) is 0 Å². The Morgan fingerprint density at radius 3 is 2.54 bits per heavy atom. The number of carbonyl (C=O) groups is 1. The number of hydrogen-bond acceptors (Lipinski definition) is 4. The lowest BCUT2D eigenvalue weighted by atomic mass is 10.0. The van der Waals surface area contributed by atoms with Crippen molar-refractivity contribution in [3.63, 3.8) is 0 Å². The third-order valence-corrected chi connectivity index (χ3v) is 5.24. The van der Waals surface area contributed by atoms with Crippen molar-refractivity contribution in [2.75, 3.05) is 13.1 Å². The van der Waals surface area contributed by atoms with Crippen molar-refractivity contribution in [2.45, 2.75) is 51.7 Å². The van der Waals surface area contributed by atoms with Crippen LogP contribution in [0.2, 0.25) is 0 Å². The van der Waals surface area contributed by atoms with Crippen molar-refractivity contribution in [3.8, 4) is 0 Å². The summed E-state index contributed by atoms with van der Waals surface area (Å²) in [5.74, 6) is 0.924. The number of aromatic nitrogens is 4. The summed E-state index contributed by atoms with van der Waals surface area (Å²) in [6.45, 7) is 9.13. The average molecular weight is 422 g/mol. The summed E-state index contributed by atoms with van der Waals surface area (Å²) in [4.78, 5) is 13.8. The first kappa shape index (κ1) is 19.0. The molecule has 0 unspecified atom stereocenters. The van der Waals surface area contributed by atoms with E-state index in [1.54, 1.807) is 0 Å². The number of quaternary nitrogens is 1. The van der Waals surface area contributed by atoms with Gasteiger partial charge in [0.05, 0.1) is 18.6 Å². The summed E-state index contributed by atoms with van der Waals surface area (Å²) >= 11 is 3.39.